The molecule has 0 fully saturated rings. The van der Waals surface area contributed by atoms with Crippen molar-refractivity contribution in [1.82, 2.24) is 20.0 Å². The Morgan fingerprint density at radius 1 is 1.23 bits per heavy atom. The fourth-order valence-corrected chi connectivity index (χ4v) is 3.28. The lowest BCUT2D eigenvalue weighted by Gasteiger charge is -2.05. The van der Waals surface area contributed by atoms with Crippen molar-refractivity contribution in [2.45, 2.75) is 43.9 Å². The van der Waals surface area contributed by atoms with Crippen LogP contribution in [0.3, 0.4) is 0 Å². The topological polar surface area (TPSA) is 85.8 Å². The second-order valence-electron chi connectivity index (χ2n) is 5.97. The van der Waals surface area contributed by atoms with E-state index < -0.39 is 0 Å². The SMILES string of the molecule is CCn1nccc1C(=O)Nc1nnc(Cc2ccc(SC(C)C)cc2)o1. The molecule has 1 N–H and O–H groups in total. The van der Waals surface area contributed by atoms with Gasteiger partial charge in [0.15, 0.2) is 0 Å². The van der Waals surface area contributed by atoms with E-state index in [9.17, 15) is 4.79 Å². The highest BCUT2D eigenvalue weighted by Crippen LogP contribution is 2.23. The predicted molar refractivity (Wildman–Crippen MR) is 100 cm³/mol. The number of hydrogen-bond acceptors (Lipinski definition) is 6. The van der Waals surface area contributed by atoms with Crippen molar-refractivity contribution in [3.8, 4) is 0 Å². The lowest BCUT2D eigenvalue weighted by atomic mass is 10.1. The average molecular weight is 371 g/mol. The molecule has 8 heteroatoms. The van der Waals surface area contributed by atoms with Gasteiger partial charge in [-0.2, -0.15) is 5.10 Å². The van der Waals surface area contributed by atoms with Crippen LogP contribution in [0.4, 0.5) is 6.01 Å². The minimum absolute atomic E-state index is 0.0841. The molecular formula is C18H21N5O2S. The third kappa shape index (κ3) is 4.51. The molecule has 0 spiro atoms. The van der Waals surface area contributed by atoms with Crippen molar-refractivity contribution in [3.63, 3.8) is 0 Å². The van der Waals surface area contributed by atoms with E-state index in [0.717, 1.165) is 5.56 Å². The van der Waals surface area contributed by atoms with Crippen molar-refractivity contribution in [2.24, 2.45) is 0 Å². The van der Waals surface area contributed by atoms with Gasteiger partial charge in [0.1, 0.15) is 5.69 Å². The van der Waals surface area contributed by atoms with Crippen LogP contribution in [0.1, 0.15) is 42.7 Å². The van der Waals surface area contributed by atoms with Crippen LogP contribution in [-0.2, 0) is 13.0 Å². The number of thioether (sulfide) groups is 1. The van der Waals surface area contributed by atoms with Gasteiger partial charge in [-0.25, -0.2) is 0 Å². The van der Waals surface area contributed by atoms with Gasteiger partial charge in [-0.1, -0.05) is 31.1 Å². The van der Waals surface area contributed by atoms with Crippen molar-refractivity contribution in [2.75, 3.05) is 5.32 Å². The minimum atomic E-state index is -0.324. The molecule has 1 aromatic carbocycles. The molecular weight excluding hydrogens is 350 g/mol. The summed E-state index contributed by atoms with van der Waals surface area (Å²) >= 11 is 1.82. The second-order valence-corrected chi connectivity index (χ2v) is 7.62. The molecule has 0 aliphatic carbocycles. The van der Waals surface area contributed by atoms with Crippen molar-refractivity contribution in [1.29, 1.82) is 0 Å². The van der Waals surface area contributed by atoms with Gasteiger partial charge in [0.25, 0.3) is 5.91 Å². The van der Waals surface area contributed by atoms with Crippen LogP contribution in [0.2, 0.25) is 0 Å². The van der Waals surface area contributed by atoms with Crippen LogP contribution >= 0.6 is 11.8 Å². The summed E-state index contributed by atoms with van der Waals surface area (Å²) in [5.74, 6) is 0.128. The third-order valence-corrected chi connectivity index (χ3v) is 4.60. The zero-order chi connectivity index (χ0) is 18.5. The van der Waals surface area contributed by atoms with Crippen LogP contribution in [-0.4, -0.2) is 31.1 Å². The monoisotopic (exact) mass is 371 g/mol. The first-order valence-corrected chi connectivity index (χ1v) is 9.34. The fraction of sp³-hybridized carbons (Fsp3) is 0.333. The van der Waals surface area contributed by atoms with Crippen LogP contribution < -0.4 is 5.32 Å². The highest BCUT2D eigenvalue weighted by Gasteiger charge is 2.15. The summed E-state index contributed by atoms with van der Waals surface area (Å²) < 4.78 is 7.14. The van der Waals surface area contributed by atoms with Gasteiger partial charge >= 0.3 is 6.01 Å². The Bertz CT molecular complexity index is 870. The zero-order valence-corrected chi connectivity index (χ0v) is 15.8. The predicted octanol–water partition coefficient (Wildman–Crippen LogP) is 3.63. The van der Waals surface area contributed by atoms with Crippen molar-refractivity contribution in [3.05, 3.63) is 53.7 Å². The third-order valence-electron chi connectivity index (χ3n) is 3.59. The minimum Gasteiger partial charge on any atom is -0.407 e. The standard InChI is InChI=1S/C18H21N5O2S/c1-4-23-15(9-10-19-23)17(24)20-18-22-21-16(25-18)11-13-5-7-14(8-6-13)26-12(2)3/h5-10,12H,4,11H2,1-3H3,(H,20,22,24). The van der Waals surface area contributed by atoms with E-state index in [1.54, 1.807) is 16.9 Å². The first kappa shape index (κ1) is 18.2. The van der Waals surface area contributed by atoms with E-state index in [4.69, 9.17) is 4.42 Å². The Morgan fingerprint density at radius 2 is 2.00 bits per heavy atom. The lowest BCUT2D eigenvalue weighted by Crippen LogP contribution is -2.17. The second kappa shape index (κ2) is 8.18. The van der Waals surface area contributed by atoms with E-state index in [0.29, 0.717) is 29.8 Å². The molecule has 0 aliphatic heterocycles. The number of nitrogens with zero attached hydrogens (tertiary/aromatic N) is 4. The lowest BCUT2D eigenvalue weighted by molar-refractivity contribution is 0.101. The molecule has 3 aromatic rings. The maximum absolute atomic E-state index is 12.2. The van der Waals surface area contributed by atoms with Crippen molar-refractivity contribution >= 4 is 23.7 Å². The summed E-state index contributed by atoms with van der Waals surface area (Å²) in [5.41, 5.74) is 1.52. The molecule has 3 rings (SSSR count). The molecule has 0 unspecified atom stereocenters. The molecule has 7 nitrogen and oxygen atoms in total. The number of nitrogens with one attached hydrogen (secondary N) is 1. The summed E-state index contributed by atoms with van der Waals surface area (Å²) in [4.78, 5) is 13.5. The summed E-state index contributed by atoms with van der Waals surface area (Å²) in [6.45, 7) is 6.86. The van der Waals surface area contributed by atoms with Crippen LogP contribution in [0.5, 0.6) is 0 Å². The van der Waals surface area contributed by atoms with E-state index in [2.05, 4.69) is 46.6 Å². The van der Waals surface area contributed by atoms with Gasteiger partial charge < -0.3 is 4.42 Å². The number of amides is 1. The highest BCUT2D eigenvalue weighted by atomic mass is 32.2. The molecule has 0 atom stereocenters. The molecule has 0 saturated carbocycles. The van der Waals surface area contributed by atoms with Gasteiger partial charge in [0, 0.05) is 22.9 Å². The smallest absolute Gasteiger partial charge is 0.322 e. The molecule has 2 aromatic heterocycles. The first-order valence-electron chi connectivity index (χ1n) is 8.46. The summed E-state index contributed by atoms with van der Waals surface area (Å²) in [7, 11) is 0. The molecule has 136 valence electrons. The molecule has 0 aliphatic rings. The Balaban J connectivity index is 1.62. The largest absolute Gasteiger partial charge is 0.407 e. The number of benzene rings is 1. The number of aromatic nitrogens is 4. The van der Waals surface area contributed by atoms with Gasteiger partial charge in [0.2, 0.25) is 5.89 Å². The number of carbonyl (C=O) groups is 1. The van der Waals surface area contributed by atoms with Gasteiger partial charge in [-0.05, 0) is 30.7 Å². The average Bonchev–Trinajstić information content (AvgIpc) is 3.25. The maximum atomic E-state index is 12.2. The normalized spacial score (nSPS) is 11.1. The van der Waals surface area contributed by atoms with E-state index >= 15 is 0 Å². The number of hydrogen-bond donors (Lipinski definition) is 1. The Morgan fingerprint density at radius 3 is 2.69 bits per heavy atom. The fourth-order valence-electron chi connectivity index (χ4n) is 2.45. The Kier molecular flexibility index (Phi) is 5.72. The Labute approximate surface area is 156 Å². The first-order chi connectivity index (χ1) is 12.5. The number of aryl methyl sites for hydroxylation is 1. The van der Waals surface area contributed by atoms with Crippen LogP contribution in [0.25, 0.3) is 0 Å². The molecule has 26 heavy (non-hydrogen) atoms. The Hall–Kier alpha value is -2.61. The molecule has 1 amide bonds. The zero-order valence-electron chi connectivity index (χ0n) is 15.0. The van der Waals surface area contributed by atoms with E-state index in [-0.39, 0.29) is 11.9 Å². The van der Waals surface area contributed by atoms with Gasteiger partial charge in [0.05, 0.1) is 6.42 Å². The molecule has 0 bridgehead atoms. The van der Waals surface area contributed by atoms with Gasteiger partial charge in [-0.3, -0.25) is 14.8 Å². The van der Waals surface area contributed by atoms with E-state index in [1.165, 1.54) is 4.90 Å². The highest BCUT2D eigenvalue weighted by molar-refractivity contribution is 7.99. The quantitative estimate of drug-likeness (QED) is 0.638. The maximum Gasteiger partial charge on any atom is 0.322 e. The summed E-state index contributed by atoms with van der Waals surface area (Å²) in [6, 6.07) is 10.0. The molecule has 0 radical (unpaired) electrons. The van der Waals surface area contributed by atoms with Crippen LogP contribution in [0, 0.1) is 0 Å². The number of anilines is 1. The van der Waals surface area contributed by atoms with Crippen LogP contribution in [0.15, 0.2) is 45.8 Å². The molecule has 2 heterocycles. The summed E-state index contributed by atoms with van der Waals surface area (Å²) in [5, 5.41) is 15.1. The molecule has 0 saturated heterocycles. The summed E-state index contributed by atoms with van der Waals surface area (Å²) in [6.07, 6.45) is 2.10. The van der Waals surface area contributed by atoms with Gasteiger partial charge in [-0.15, -0.1) is 16.9 Å². The number of carbonyl (C=O) groups excluding carboxylic acids is 1. The van der Waals surface area contributed by atoms with Crippen molar-refractivity contribution < 1.29 is 9.21 Å². The number of rotatable bonds is 7. The van der Waals surface area contributed by atoms with E-state index in [1.807, 2.05) is 30.8 Å².